The van der Waals surface area contributed by atoms with E-state index < -0.39 is 0 Å². The largest absolute Gasteiger partial charge is 0.505 e. The first kappa shape index (κ1) is 22.7. The Balaban J connectivity index is 1.78. The third-order valence-electron chi connectivity index (χ3n) is 4.21. The Labute approximate surface area is 195 Å². The molecule has 0 radical (unpaired) electrons. The van der Waals surface area contributed by atoms with Gasteiger partial charge in [0.05, 0.1) is 21.7 Å². The van der Waals surface area contributed by atoms with Gasteiger partial charge in [-0.1, -0.05) is 64.6 Å². The Bertz CT molecular complexity index is 1020. The predicted octanol–water partition coefficient (Wildman–Crippen LogP) is 7.60. The van der Waals surface area contributed by atoms with Gasteiger partial charge in [-0.2, -0.15) is 0 Å². The lowest BCUT2D eigenvalue weighted by Crippen LogP contribution is -2.04. The molecule has 0 saturated heterocycles. The van der Waals surface area contributed by atoms with Gasteiger partial charge in [-0.25, -0.2) is 0 Å². The van der Waals surface area contributed by atoms with E-state index in [-0.39, 0.29) is 22.4 Å². The van der Waals surface area contributed by atoms with E-state index in [1.165, 1.54) is 0 Å². The molecule has 3 rings (SSSR count). The molecule has 0 bridgehead atoms. The molecular weight excluding hydrogens is 468 g/mol. The molecule has 2 N–H and O–H groups in total. The summed E-state index contributed by atoms with van der Waals surface area (Å²) in [6.07, 6.45) is 0. The van der Waals surface area contributed by atoms with Crippen molar-refractivity contribution in [1.29, 1.82) is 0 Å². The molecule has 3 aromatic carbocycles. The second kappa shape index (κ2) is 10.4. The van der Waals surface area contributed by atoms with Crippen molar-refractivity contribution < 1.29 is 14.6 Å². The Morgan fingerprint density at radius 2 is 1.57 bits per heavy atom. The Morgan fingerprint density at radius 3 is 2.23 bits per heavy atom. The standard InChI is InChI=1S/C22H19Cl4NO3/c1-2-29-20-8-13(11-27-15-9-17(24)21(28)18(25)10-15)7-19(26)22(20)30-12-14-5-3-4-6-16(14)23/h3-10,27-28H,2,11-12H2,1H3. The van der Waals surface area contributed by atoms with Crippen LogP contribution in [0.4, 0.5) is 5.69 Å². The van der Waals surface area contributed by atoms with E-state index in [4.69, 9.17) is 55.9 Å². The van der Waals surface area contributed by atoms with Gasteiger partial charge in [0.2, 0.25) is 0 Å². The minimum Gasteiger partial charge on any atom is -0.505 e. The maximum atomic E-state index is 9.68. The van der Waals surface area contributed by atoms with Crippen LogP contribution in [0, 0.1) is 0 Å². The van der Waals surface area contributed by atoms with E-state index in [0.717, 1.165) is 11.1 Å². The zero-order valence-electron chi connectivity index (χ0n) is 16.0. The third kappa shape index (κ3) is 5.58. The van der Waals surface area contributed by atoms with Gasteiger partial charge in [-0.05, 0) is 42.8 Å². The summed E-state index contributed by atoms with van der Waals surface area (Å²) >= 11 is 24.6. The zero-order valence-corrected chi connectivity index (χ0v) is 19.0. The molecule has 4 nitrogen and oxygen atoms in total. The Hall–Kier alpha value is -1.98. The molecule has 0 heterocycles. The molecule has 0 saturated carbocycles. The van der Waals surface area contributed by atoms with Crippen LogP contribution in [0.1, 0.15) is 18.1 Å². The first-order chi connectivity index (χ1) is 14.4. The summed E-state index contributed by atoms with van der Waals surface area (Å²) in [7, 11) is 0. The van der Waals surface area contributed by atoms with E-state index >= 15 is 0 Å². The number of nitrogens with one attached hydrogen (secondary N) is 1. The molecule has 8 heteroatoms. The normalized spacial score (nSPS) is 10.7. The number of halogens is 4. The molecule has 158 valence electrons. The van der Waals surface area contributed by atoms with E-state index in [1.54, 1.807) is 18.2 Å². The number of hydrogen-bond donors (Lipinski definition) is 2. The van der Waals surface area contributed by atoms with Crippen molar-refractivity contribution in [2.24, 2.45) is 0 Å². The Morgan fingerprint density at radius 1 is 0.867 bits per heavy atom. The summed E-state index contributed by atoms with van der Waals surface area (Å²) in [6.45, 7) is 3.04. The van der Waals surface area contributed by atoms with Gasteiger partial charge in [-0.3, -0.25) is 0 Å². The second-order valence-corrected chi connectivity index (χ2v) is 7.99. The Kier molecular flexibility index (Phi) is 7.84. The van der Waals surface area contributed by atoms with Crippen LogP contribution in [0.2, 0.25) is 20.1 Å². The van der Waals surface area contributed by atoms with Crippen molar-refractivity contribution in [2.45, 2.75) is 20.1 Å². The maximum absolute atomic E-state index is 9.68. The number of rotatable bonds is 8. The summed E-state index contributed by atoms with van der Waals surface area (Å²) in [5, 5.41) is 14.3. The van der Waals surface area contributed by atoms with Crippen molar-refractivity contribution in [3.05, 3.63) is 79.7 Å². The fourth-order valence-corrected chi connectivity index (χ4v) is 3.73. The smallest absolute Gasteiger partial charge is 0.180 e. The van der Waals surface area contributed by atoms with Gasteiger partial charge < -0.3 is 19.9 Å². The average molecular weight is 487 g/mol. The van der Waals surface area contributed by atoms with Crippen LogP contribution < -0.4 is 14.8 Å². The lowest BCUT2D eigenvalue weighted by atomic mass is 10.2. The number of anilines is 1. The van der Waals surface area contributed by atoms with Gasteiger partial charge >= 0.3 is 0 Å². The van der Waals surface area contributed by atoms with Crippen LogP contribution in [0.15, 0.2) is 48.5 Å². The molecule has 0 aromatic heterocycles. The van der Waals surface area contributed by atoms with E-state index in [2.05, 4.69) is 5.32 Å². The van der Waals surface area contributed by atoms with Crippen LogP contribution in [0.5, 0.6) is 17.2 Å². The molecular formula is C22H19Cl4NO3. The van der Waals surface area contributed by atoms with E-state index in [9.17, 15) is 5.11 Å². The van der Waals surface area contributed by atoms with E-state index in [1.807, 2.05) is 37.3 Å². The van der Waals surface area contributed by atoms with Gasteiger partial charge in [-0.15, -0.1) is 0 Å². The van der Waals surface area contributed by atoms with Crippen molar-refractivity contribution in [3.8, 4) is 17.2 Å². The number of hydrogen-bond acceptors (Lipinski definition) is 4. The quantitative estimate of drug-likeness (QED) is 0.322. The lowest BCUT2D eigenvalue weighted by molar-refractivity contribution is 0.269. The van der Waals surface area contributed by atoms with Crippen LogP contribution >= 0.6 is 46.4 Å². The third-order valence-corrected chi connectivity index (χ3v) is 5.44. The summed E-state index contributed by atoms with van der Waals surface area (Å²) in [5.74, 6) is 0.846. The summed E-state index contributed by atoms with van der Waals surface area (Å²) in [4.78, 5) is 0. The van der Waals surface area contributed by atoms with E-state index in [0.29, 0.717) is 40.4 Å². The lowest BCUT2D eigenvalue weighted by Gasteiger charge is -2.16. The SMILES string of the molecule is CCOc1cc(CNc2cc(Cl)c(O)c(Cl)c2)cc(Cl)c1OCc1ccccc1Cl. The van der Waals surface area contributed by atoms with Crippen molar-refractivity contribution in [3.63, 3.8) is 0 Å². The summed E-state index contributed by atoms with van der Waals surface area (Å²) in [6, 6.07) is 14.3. The molecule has 0 unspecified atom stereocenters. The number of phenolic OH excluding ortho intramolecular Hbond substituents is 1. The highest BCUT2D eigenvalue weighted by Crippen LogP contribution is 2.38. The minimum absolute atomic E-state index is 0.148. The average Bonchev–Trinajstić information content (AvgIpc) is 2.71. The zero-order chi connectivity index (χ0) is 21.7. The fraction of sp³-hybridized carbons (Fsp3) is 0.182. The van der Waals surface area contributed by atoms with Crippen molar-refractivity contribution in [1.82, 2.24) is 0 Å². The minimum atomic E-state index is -0.148. The first-order valence-corrected chi connectivity index (χ1v) is 10.6. The fourth-order valence-electron chi connectivity index (χ4n) is 2.76. The van der Waals surface area contributed by atoms with Crippen LogP contribution in [-0.4, -0.2) is 11.7 Å². The molecule has 0 aliphatic carbocycles. The molecule has 0 atom stereocenters. The summed E-state index contributed by atoms with van der Waals surface area (Å²) < 4.78 is 11.7. The molecule has 0 aliphatic heterocycles. The molecule has 0 fully saturated rings. The molecule has 30 heavy (non-hydrogen) atoms. The molecule has 0 spiro atoms. The number of benzene rings is 3. The predicted molar refractivity (Wildman–Crippen MR) is 124 cm³/mol. The second-order valence-electron chi connectivity index (χ2n) is 6.36. The van der Waals surface area contributed by atoms with Gasteiger partial charge in [0, 0.05) is 22.8 Å². The number of aromatic hydroxyl groups is 1. The van der Waals surface area contributed by atoms with Gasteiger partial charge in [0.1, 0.15) is 6.61 Å². The van der Waals surface area contributed by atoms with Crippen molar-refractivity contribution >= 4 is 52.1 Å². The highest BCUT2D eigenvalue weighted by molar-refractivity contribution is 6.37. The van der Waals surface area contributed by atoms with Gasteiger partial charge in [0.15, 0.2) is 17.2 Å². The number of phenols is 1. The maximum Gasteiger partial charge on any atom is 0.180 e. The van der Waals surface area contributed by atoms with Crippen molar-refractivity contribution in [2.75, 3.05) is 11.9 Å². The van der Waals surface area contributed by atoms with Crippen LogP contribution in [-0.2, 0) is 13.2 Å². The van der Waals surface area contributed by atoms with Gasteiger partial charge in [0.25, 0.3) is 0 Å². The first-order valence-electron chi connectivity index (χ1n) is 9.12. The number of ether oxygens (including phenoxy) is 2. The molecule has 0 amide bonds. The summed E-state index contributed by atoms with van der Waals surface area (Å²) in [5.41, 5.74) is 2.38. The molecule has 3 aromatic rings. The highest BCUT2D eigenvalue weighted by atomic mass is 35.5. The molecule has 0 aliphatic rings. The topological polar surface area (TPSA) is 50.7 Å². The van der Waals surface area contributed by atoms with Crippen LogP contribution in [0.3, 0.4) is 0 Å². The van der Waals surface area contributed by atoms with Crippen LogP contribution in [0.25, 0.3) is 0 Å². The monoisotopic (exact) mass is 485 g/mol. The highest BCUT2D eigenvalue weighted by Gasteiger charge is 2.14.